The van der Waals surface area contributed by atoms with Gasteiger partial charge < -0.3 is 15.5 Å². The summed E-state index contributed by atoms with van der Waals surface area (Å²) in [5.74, 6) is 0.0405. The zero-order valence-corrected chi connectivity index (χ0v) is 13.1. The first kappa shape index (κ1) is 16.7. The van der Waals surface area contributed by atoms with Gasteiger partial charge >= 0.3 is 0 Å². The van der Waals surface area contributed by atoms with Gasteiger partial charge in [-0.2, -0.15) is 0 Å². The van der Waals surface area contributed by atoms with Gasteiger partial charge in [0.05, 0.1) is 0 Å². The average Bonchev–Trinajstić information content (AvgIpc) is 2.55. The first-order chi connectivity index (χ1) is 10.7. The number of hydrogen-bond donors (Lipinski definition) is 1. The molecule has 0 radical (unpaired) electrons. The van der Waals surface area contributed by atoms with Crippen LogP contribution < -0.4 is 10.6 Å². The van der Waals surface area contributed by atoms with E-state index in [1.807, 2.05) is 4.90 Å². The molecular formula is C17H26FN3O. The van der Waals surface area contributed by atoms with Crippen LogP contribution in [0.1, 0.15) is 32.1 Å². The van der Waals surface area contributed by atoms with Crippen molar-refractivity contribution in [3.8, 4) is 0 Å². The third-order valence-corrected chi connectivity index (χ3v) is 4.17. The van der Waals surface area contributed by atoms with Crippen LogP contribution in [0.3, 0.4) is 0 Å². The zero-order valence-electron chi connectivity index (χ0n) is 13.1. The minimum absolute atomic E-state index is 0.216. The van der Waals surface area contributed by atoms with Gasteiger partial charge in [0.15, 0.2) is 0 Å². The SMILES string of the molecule is NCCCCCCC(=O)N1CCN(c2ccc(F)cc2)CC1. The Morgan fingerprint density at radius 3 is 2.27 bits per heavy atom. The highest BCUT2D eigenvalue weighted by atomic mass is 19.1. The fourth-order valence-corrected chi connectivity index (χ4v) is 2.80. The molecule has 2 rings (SSSR count). The van der Waals surface area contributed by atoms with Gasteiger partial charge in [0.25, 0.3) is 0 Å². The van der Waals surface area contributed by atoms with E-state index in [1.165, 1.54) is 12.1 Å². The molecule has 0 bridgehead atoms. The third kappa shape index (κ3) is 4.98. The summed E-state index contributed by atoms with van der Waals surface area (Å²) >= 11 is 0. The van der Waals surface area contributed by atoms with E-state index in [-0.39, 0.29) is 11.7 Å². The molecule has 1 aromatic rings. The largest absolute Gasteiger partial charge is 0.368 e. The molecule has 1 aromatic carbocycles. The Morgan fingerprint density at radius 2 is 1.64 bits per heavy atom. The number of piperazine rings is 1. The molecule has 0 spiro atoms. The number of amides is 1. The highest BCUT2D eigenvalue weighted by Crippen LogP contribution is 2.17. The molecule has 1 fully saturated rings. The van der Waals surface area contributed by atoms with Crippen LogP contribution in [0.15, 0.2) is 24.3 Å². The molecule has 0 atom stereocenters. The van der Waals surface area contributed by atoms with Crippen molar-refractivity contribution >= 4 is 11.6 Å². The average molecular weight is 307 g/mol. The molecule has 122 valence electrons. The maximum Gasteiger partial charge on any atom is 0.222 e. The molecular weight excluding hydrogens is 281 g/mol. The standard InChI is InChI=1S/C17H26FN3O/c18-15-6-8-16(9-7-15)20-11-13-21(14-12-20)17(22)5-3-1-2-4-10-19/h6-9H,1-5,10-14,19H2. The van der Waals surface area contributed by atoms with Crippen molar-refractivity contribution in [3.05, 3.63) is 30.1 Å². The molecule has 0 unspecified atom stereocenters. The van der Waals surface area contributed by atoms with Gasteiger partial charge in [-0.3, -0.25) is 4.79 Å². The molecule has 5 heteroatoms. The Bertz CT molecular complexity index is 455. The fourth-order valence-electron chi connectivity index (χ4n) is 2.80. The van der Waals surface area contributed by atoms with Crippen molar-refractivity contribution in [2.75, 3.05) is 37.6 Å². The second-order valence-electron chi connectivity index (χ2n) is 5.80. The number of benzene rings is 1. The Morgan fingerprint density at radius 1 is 1.00 bits per heavy atom. The van der Waals surface area contributed by atoms with Gasteiger partial charge in [0.2, 0.25) is 5.91 Å². The summed E-state index contributed by atoms with van der Waals surface area (Å²) in [4.78, 5) is 16.3. The lowest BCUT2D eigenvalue weighted by atomic mass is 10.1. The second kappa shape index (κ2) is 8.73. The smallest absolute Gasteiger partial charge is 0.222 e. The summed E-state index contributed by atoms with van der Waals surface area (Å²) in [5, 5.41) is 0. The predicted octanol–water partition coefficient (Wildman–Crippen LogP) is 2.38. The maximum atomic E-state index is 12.9. The zero-order chi connectivity index (χ0) is 15.8. The van der Waals surface area contributed by atoms with Crippen molar-refractivity contribution < 1.29 is 9.18 Å². The highest BCUT2D eigenvalue weighted by molar-refractivity contribution is 5.76. The Hall–Kier alpha value is -1.62. The van der Waals surface area contributed by atoms with Crippen molar-refractivity contribution in [1.82, 2.24) is 4.90 Å². The monoisotopic (exact) mass is 307 g/mol. The summed E-state index contributed by atoms with van der Waals surface area (Å²) < 4.78 is 12.9. The Balaban J connectivity index is 1.70. The molecule has 4 nitrogen and oxygen atoms in total. The molecule has 1 saturated heterocycles. The van der Waals surface area contributed by atoms with E-state index in [1.54, 1.807) is 12.1 Å². The lowest BCUT2D eigenvalue weighted by molar-refractivity contribution is -0.131. The summed E-state index contributed by atoms with van der Waals surface area (Å²) in [5.41, 5.74) is 6.48. The van der Waals surface area contributed by atoms with E-state index in [9.17, 15) is 9.18 Å². The van der Waals surface area contributed by atoms with Crippen LogP contribution >= 0.6 is 0 Å². The van der Waals surface area contributed by atoms with Gasteiger partial charge in [-0.05, 0) is 43.7 Å². The van der Waals surface area contributed by atoms with E-state index in [2.05, 4.69) is 4.90 Å². The van der Waals surface area contributed by atoms with E-state index in [0.29, 0.717) is 6.42 Å². The molecule has 2 N–H and O–H groups in total. The number of carbonyl (C=O) groups excluding carboxylic acids is 1. The van der Waals surface area contributed by atoms with Gasteiger partial charge in [0, 0.05) is 38.3 Å². The minimum atomic E-state index is -0.216. The van der Waals surface area contributed by atoms with E-state index < -0.39 is 0 Å². The first-order valence-corrected chi connectivity index (χ1v) is 8.19. The van der Waals surface area contributed by atoms with E-state index in [0.717, 1.165) is 64.1 Å². The number of anilines is 1. The second-order valence-corrected chi connectivity index (χ2v) is 5.80. The fraction of sp³-hybridized carbons (Fsp3) is 0.588. The number of nitrogens with zero attached hydrogens (tertiary/aromatic N) is 2. The lowest BCUT2D eigenvalue weighted by Gasteiger charge is -2.36. The summed E-state index contributed by atoms with van der Waals surface area (Å²) in [7, 11) is 0. The number of nitrogens with two attached hydrogens (primary N) is 1. The van der Waals surface area contributed by atoms with E-state index in [4.69, 9.17) is 5.73 Å². The van der Waals surface area contributed by atoms with Crippen molar-refractivity contribution in [1.29, 1.82) is 0 Å². The lowest BCUT2D eigenvalue weighted by Crippen LogP contribution is -2.48. The molecule has 1 aliphatic rings. The number of rotatable bonds is 7. The van der Waals surface area contributed by atoms with Crippen LogP contribution in [0.4, 0.5) is 10.1 Å². The van der Waals surface area contributed by atoms with Crippen LogP contribution in [-0.4, -0.2) is 43.5 Å². The van der Waals surface area contributed by atoms with Crippen LogP contribution in [0, 0.1) is 5.82 Å². The number of halogens is 1. The van der Waals surface area contributed by atoms with Crippen LogP contribution in [-0.2, 0) is 4.79 Å². The van der Waals surface area contributed by atoms with Gasteiger partial charge in [-0.25, -0.2) is 4.39 Å². The first-order valence-electron chi connectivity index (χ1n) is 8.19. The summed E-state index contributed by atoms with van der Waals surface area (Å²) in [6, 6.07) is 6.55. The van der Waals surface area contributed by atoms with Crippen LogP contribution in [0.5, 0.6) is 0 Å². The number of carbonyl (C=O) groups is 1. The molecule has 0 saturated carbocycles. The quantitative estimate of drug-likeness (QED) is 0.787. The molecule has 1 heterocycles. The van der Waals surface area contributed by atoms with Crippen LogP contribution in [0.2, 0.25) is 0 Å². The summed E-state index contributed by atoms with van der Waals surface area (Å²) in [6.07, 6.45) is 4.84. The molecule has 1 aliphatic heterocycles. The molecule has 0 aliphatic carbocycles. The van der Waals surface area contributed by atoms with Gasteiger partial charge in [0.1, 0.15) is 5.82 Å². The third-order valence-electron chi connectivity index (χ3n) is 4.17. The highest BCUT2D eigenvalue weighted by Gasteiger charge is 2.20. The molecule has 0 aromatic heterocycles. The van der Waals surface area contributed by atoms with Gasteiger partial charge in [-0.1, -0.05) is 12.8 Å². The van der Waals surface area contributed by atoms with Crippen molar-refractivity contribution in [2.45, 2.75) is 32.1 Å². The van der Waals surface area contributed by atoms with E-state index >= 15 is 0 Å². The Labute approximate surface area is 132 Å². The summed E-state index contributed by atoms with van der Waals surface area (Å²) in [6.45, 7) is 3.85. The topological polar surface area (TPSA) is 49.6 Å². The normalized spacial score (nSPS) is 15.2. The number of unbranched alkanes of at least 4 members (excludes halogenated alkanes) is 3. The molecule has 22 heavy (non-hydrogen) atoms. The van der Waals surface area contributed by atoms with Gasteiger partial charge in [-0.15, -0.1) is 0 Å². The number of hydrogen-bond acceptors (Lipinski definition) is 3. The minimum Gasteiger partial charge on any atom is -0.368 e. The molecule has 1 amide bonds. The Kier molecular flexibility index (Phi) is 6.65. The van der Waals surface area contributed by atoms with Crippen LogP contribution in [0.25, 0.3) is 0 Å². The predicted molar refractivity (Wildman–Crippen MR) is 87.3 cm³/mol. The van der Waals surface area contributed by atoms with Crippen molar-refractivity contribution in [3.63, 3.8) is 0 Å². The van der Waals surface area contributed by atoms with Crippen molar-refractivity contribution in [2.24, 2.45) is 5.73 Å². The maximum absolute atomic E-state index is 12.9.